The maximum atomic E-state index is 12.4. The van der Waals surface area contributed by atoms with Crippen molar-refractivity contribution in [3.05, 3.63) is 48.0 Å². The van der Waals surface area contributed by atoms with E-state index < -0.39 is 10.0 Å². The van der Waals surface area contributed by atoms with Crippen LogP contribution < -0.4 is 14.8 Å². The van der Waals surface area contributed by atoms with Crippen molar-refractivity contribution in [2.45, 2.75) is 4.90 Å². The molecule has 0 radical (unpaired) electrons. The van der Waals surface area contributed by atoms with E-state index in [4.69, 9.17) is 4.74 Å². The number of nitrogens with one attached hydrogen (secondary N) is 2. The van der Waals surface area contributed by atoms with Crippen molar-refractivity contribution in [1.29, 1.82) is 0 Å². The van der Waals surface area contributed by atoms with Crippen LogP contribution in [-0.4, -0.2) is 44.8 Å². The van der Waals surface area contributed by atoms with Crippen LogP contribution in [0.1, 0.15) is 10.4 Å². The van der Waals surface area contributed by atoms with E-state index in [2.05, 4.69) is 25.0 Å². The average molecular weight is 376 g/mol. The van der Waals surface area contributed by atoms with Gasteiger partial charge in [-0.05, 0) is 40.6 Å². The highest BCUT2D eigenvalue weighted by Crippen LogP contribution is 2.19. The summed E-state index contributed by atoms with van der Waals surface area (Å²) in [7, 11) is -2.30. The number of benzene rings is 2. The number of ether oxygens (including phenoxy) is 1. The van der Waals surface area contributed by atoms with E-state index in [0.29, 0.717) is 16.8 Å². The Bertz CT molecular complexity index is 1030. The second-order valence-electron chi connectivity index (χ2n) is 5.27. The number of sulfonamides is 1. The van der Waals surface area contributed by atoms with Crippen molar-refractivity contribution in [3.8, 4) is 5.75 Å². The van der Waals surface area contributed by atoms with Crippen LogP contribution in [0.5, 0.6) is 5.75 Å². The first-order chi connectivity index (χ1) is 12.5. The molecule has 0 atom stereocenters. The molecule has 0 aliphatic carbocycles. The Morgan fingerprint density at radius 3 is 2.77 bits per heavy atom. The highest BCUT2D eigenvalue weighted by atomic mass is 32.2. The summed E-state index contributed by atoms with van der Waals surface area (Å²) in [4.78, 5) is 12.0. The number of carbonyl (C=O) groups excluding carboxylic acids is 1. The third-order valence-corrected chi connectivity index (χ3v) is 5.07. The van der Waals surface area contributed by atoms with Gasteiger partial charge < -0.3 is 10.1 Å². The Morgan fingerprint density at radius 1 is 1.15 bits per heavy atom. The Morgan fingerprint density at radius 2 is 1.96 bits per heavy atom. The van der Waals surface area contributed by atoms with E-state index in [1.165, 1.54) is 13.2 Å². The van der Waals surface area contributed by atoms with Crippen LogP contribution in [0, 0.1) is 0 Å². The lowest BCUT2D eigenvalue weighted by atomic mass is 10.2. The van der Waals surface area contributed by atoms with Crippen LogP contribution in [-0.2, 0) is 10.0 Å². The highest BCUT2D eigenvalue weighted by molar-refractivity contribution is 7.89. The molecule has 0 fully saturated rings. The van der Waals surface area contributed by atoms with Gasteiger partial charge in [0.1, 0.15) is 16.2 Å². The van der Waals surface area contributed by atoms with Crippen molar-refractivity contribution < 1.29 is 22.6 Å². The minimum atomic E-state index is -3.81. The van der Waals surface area contributed by atoms with Crippen molar-refractivity contribution >= 4 is 27.0 Å². The highest BCUT2D eigenvalue weighted by Gasteiger charge is 2.19. The summed E-state index contributed by atoms with van der Waals surface area (Å²) in [5.41, 5.74) is 0.922. The van der Waals surface area contributed by atoms with E-state index in [0.717, 1.165) is 0 Å². The Balaban J connectivity index is 1.59. The summed E-state index contributed by atoms with van der Waals surface area (Å²) in [6, 6.07) is 11.2. The second-order valence-corrected chi connectivity index (χ2v) is 7.01. The molecule has 0 aliphatic rings. The van der Waals surface area contributed by atoms with Crippen LogP contribution in [0.2, 0.25) is 0 Å². The average Bonchev–Trinajstić information content (AvgIpc) is 3.13. The molecule has 2 aromatic carbocycles. The van der Waals surface area contributed by atoms with Crippen LogP contribution in [0.3, 0.4) is 0 Å². The molecule has 10 heteroatoms. The number of fused-ring (bicyclic) bond motifs is 1. The topological polar surface area (TPSA) is 123 Å². The minimum absolute atomic E-state index is 0.0136. The molecule has 0 unspecified atom stereocenters. The predicted octanol–water partition coefficient (Wildman–Crippen LogP) is 0.940. The largest absolute Gasteiger partial charge is 0.497 e. The Hall–Kier alpha value is -2.98. The van der Waals surface area contributed by atoms with Gasteiger partial charge in [-0.1, -0.05) is 12.1 Å². The molecule has 1 aromatic heterocycles. The summed E-state index contributed by atoms with van der Waals surface area (Å²) in [5, 5.41) is 9.86. The van der Waals surface area contributed by atoms with Gasteiger partial charge in [0, 0.05) is 18.7 Å². The van der Waals surface area contributed by atoms with Gasteiger partial charge in [0.2, 0.25) is 10.0 Å². The lowest BCUT2D eigenvalue weighted by Crippen LogP contribution is -2.34. The molecule has 1 heterocycles. The smallest absolute Gasteiger partial charge is 0.251 e. The van der Waals surface area contributed by atoms with E-state index in [1.54, 1.807) is 36.4 Å². The standard InChI is InChI=1S/C16H16N4O5S/c1-24-12-5-2-4-11(10-12)16(21)17-8-9-18-26(22,23)14-7-3-6-13-15(14)20-25-19-13/h2-7,10,18H,8-9H2,1H3,(H,17,21). The summed E-state index contributed by atoms with van der Waals surface area (Å²) in [6.07, 6.45) is 0. The Labute approximate surface area is 149 Å². The van der Waals surface area contributed by atoms with Crippen molar-refractivity contribution in [3.63, 3.8) is 0 Å². The zero-order valence-corrected chi connectivity index (χ0v) is 14.6. The van der Waals surface area contributed by atoms with E-state index in [1.807, 2.05) is 0 Å². The van der Waals surface area contributed by atoms with Gasteiger partial charge in [0.25, 0.3) is 5.91 Å². The summed E-state index contributed by atoms with van der Waals surface area (Å²) in [5.74, 6) is 0.235. The molecule has 1 amide bonds. The SMILES string of the molecule is COc1cccc(C(=O)NCCNS(=O)(=O)c2cccc3nonc23)c1. The molecular formula is C16H16N4O5S. The van der Waals surface area contributed by atoms with Crippen LogP contribution >= 0.6 is 0 Å². The van der Waals surface area contributed by atoms with E-state index in [9.17, 15) is 13.2 Å². The predicted molar refractivity (Wildman–Crippen MR) is 92.3 cm³/mol. The van der Waals surface area contributed by atoms with Crippen molar-refractivity contribution in [2.75, 3.05) is 20.2 Å². The fourth-order valence-corrected chi connectivity index (χ4v) is 3.48. The first-order valence-electron chi connectivity index (χ1n) is 7.64. The van der Waals surface area contributed by atoms with Gasteiger partial charge in [0.05, 0.1) is 7.11 Å². The van der Waals surface area contributed by atoms with Gasteiger partial charge in [-0.25, -0.2) is 17.8 Å². The van der Waals surface area contributed by atoms with E-state index >= 15 is 0 Å². The molecule has 3 aromatic rings. The molecule has 0 saturated heterocycles. The van der Waals surface area contributed by atoms with Crippen LogP contribution in [0.4, 0.5) is 0 Å². The first-order valence-corrected chi connectivity index (χ1v) is 9.13. The normalized spacial score (nSPS) is 11.4. The third-order valence-electron chi connectivity index (χ3n) is 3.57. The maximum absolute atomic E-state index is 12.4. The van der Waals surface area contributed by atoms with E-state index in [-0.39, 0.29) is 29.4 Å². The molecule has 3 rings (SSSR count). The molecule has 0 aliphatic heterocycles. The number of hydrogen-bond donors (Lipinski definition) is 2. The summed E-state index contributed by atoms with van der Waals surface area (Å²) >= 11 is 0. The molecule has 0 spiro atoms. The zero-order chi connectivity index (χ0) is 18.6. The van der Waals surface area contributed by atoms with Crippen molar-refractivity contribution in [1.82, 2.24) is 20.4 Å². The summed E-state index contributed by atoms with van der Waals surface area (Å²) < 4.78 is 36.8. The second kappa shape index (κ2) is 7.50. The number of hydrogen-bond acceptors (Lipinski definition) is 7. The van der Waals surface area contributed by atoms with Gasteiger partial charge in [-0.2, -0.15) is 0 Å². The van der Waals surface area contributed by atoms with Crippen LogP contribution in [0.15, 0.2) is 52.0 Å². The van der Waals surface area contributed by atoms with Crippen molar-refractivity contribution in [2.24, 2.45) is 0 Å². The number of rotatable bonds is 7. The van der Waals surface area contributed by atoms with Crippen LogP contribution in [0.25, 0.3) is 11.0 Å². The minimum Gasteiger partial charge on any atom is -0.497 e. The van der Waals surface area contributed by atoms with Gasteiger partial charge in [-0.3, -0.25) is 4.79 Å². The zero-order valence-electron chi connectivity index (χ0n) is 13.8. The molecule has 136 valence electrons. The fourth-order valence-electron chi connectivity index (χ4n) is 2.30. The number of aromatic nitrogens is 2. The summed E-state index contributed by atoms with van der Waals surface area (Å²) in [6.45, 7) is 0.127. The quantitative estimate of drug-likeness (QED) is 0.588. The lowest BCUT2D eigenvalue weighted by molar-refractivity contribution is 0.0954. The Kier molecular flexibility index (Phi) is 5.14. The van der Waals surface area contributed by atoms with Gasteiger partial charge >= 0.3 is 0 Å². The maximum Gasteiger partial charge on any atom is 0.251 e. The molecule has 26 heavy (non-hydrogen) atoms. The first kappa shape index (κ1) is 17.8. The number of amides is 1. The number of nitrogens with zero attached hydrogens (tertiary/aromatic N) is 2. The molecule has 0 saturated carbocycles. The lowest BCUT2D eigenvalue weighted by Gasteiger charge is -2.09. The molecular weight excluding hydrogens is 360 g/mol. The molecule has 9 nitrogen and oxygen atoms in total. The molecule has 0 bridgehead atoms. The van der Waals surface area contributed by atoms with Gasteiger partial charge in [0.15, 0.2) is 5.52 Å². The fraction of sp³-hybridized carbons (Fsp3) is 0.188. The van der Waals surface area contributed by atoms with Gasteiger partial charge in [-0.15, -0.1) is 0 Å². The third kappa shape index (κ3) is 3.81. The number of methoxy groups -OCH3 is 1. The number of carbonyl (C=O) groups is 1. The molecule has 2 N–H and O–H groups in total. The monoisotopic (exact) mass is 376 g/mol.